The van der Waals surface area contributed by atoms with E-state index < -0.39 is 6.10 Å². The first kappa shape index (κ1) is 11.1. The summed E-state index contributed by atoms with van der Waals surface area (Å²) < 4.78 is 10.9. The second-order valence-corrected chi connectivity index (χ2v) is 4.29. The molecule has 3 heteroatoms. The normalized spacial score (nSPS) is 17.1. The van der Waals surface area contributed by atoms with E-state index in [-0.39, 0.29) is 0 Å². The van der Waals surface area contributed by atoms with Crippen LogP contribution in [0.5, 0.6) is 11.5 Å². The van der Waals surface area contributed by atoms with Gasteiger partial charge in [0.15, 0.2) is 0 Å². The summed E-state index contributed by atoms with van der Waals surface area (Å²) in [6, 6.07) is 13.3. The molecule has 3 rings (SSSR count). The third-order valence-electron chi connectivity index (χ3n) is 3.24. The van der Waals surface area contributed by atoms with E-state index in [9.17, 15) is 5.11 Å². The van der Waals surface area contributed by atoms with Gasteiger partial charge in [0.05, 0.1) is 7.11 Å². The molecule has 1 aliphatic rings. The number of aliphatic hydroxyl groups is 1. The number of rotatable bonds is 1. The Morgan fingerprint density at radius 1 is 1.17 bits per heavy atom. The largest absolute Gasteiger partial charge is 0.497 e. The van der Waals surface area contributed by atoms with Crippen LogP contribution in [0.2, 0.25) is 0 Å². The van der Waals surface area contributed by atoms with E-state index >= 15 is 0 Å². The van der Waals surface area contributed by atoms with Crippen molar-refractivity contribution in [3.05, 3.63) is 59.2 Å². The molecule has 0 spiro atoms. The first-order chi connectivity index (χ1) is 8.79. The summed E-state index contributed by atoms with van der Waals surface area (Å²) in [7, 11) is 1.61. The zero-order chi connectivity index (χ0) is 12.5. The molecular formula is C15H14O3. The van der Waals surface area contributed by atoms with Gasteiger partial charge in [-0.05, 0) is 29.3 Å². The van der Waals surface area contributed by atoms with E-state index in [1.807, 2.05) is 42.5 Å². The molecule has 1 atom stereocenters. The maximum absolute atomic E-state index is 10.5. The maximum Gasteiger partial charge on any atom is 0.126 e. The monoisotopic (exact) mass is 242 g/mol. The molecule has 0 saturated heterocycles. The number of hydrogen-bond acceptors (Lipinski definition) is 3. The standard InChI is InChI=1S/C15H14O3/c1-17-11-6-7-14-13(8-11)15(16)12-5-3-2-4-10(12)9-18-14/h2-8,15-16H,9H2,1H3/t15-/m0/s1. The van der Waals surface area contributed by atoms with Crippen LogP contribution in [0.4, 0.5) is 0 Å². The number of ether oxygens (including phenoxy) is 2. The number of hydrogen-bond donors (Lipinski definition) is 1. The average molecular weight is 242 g/mol. The Kier molecular flexibility index (Phi) is 2.68. The molecule has 0 amide bonds. The molecule has 0 bridgehead atoms. The van der Waals surface area contributed by atoms with Gasteiger partial charge >= 0.3 is 0 Å². The van der Waals surface area contributed by atoms with E-state index in [0.29, 0.717) is 12.4 Å². The summed E-state index contributed by atoms with van der Waals surface area (Å²) in [5, 5.41) is 10.5. The van der Waals surface area contributed by atoms with E-state index in [2.05, 4.69) is 0 Å². The van der Waals surface area contributed by atoms with Crippen molar-refractivity contribution >= 4 is 0 Å². The Morgan fingerprint density at radius 3 is 2.83 bits per heavy atom. The van der Waals surface area contributed by atoms with E-state index in [4.69, 9.17) is 9.47 Å². The predicted octanol–water partition coefficient (Wildman–Crippen LogP) is 2.67. The molecule has 0 saturated carbocycles. The van der Waals surface area contributed by atoms with Crippen molar-refractivity contribution in [2.24, 2.45) is 0 Å². The Bertz CT molecular complexity index is 578. The van der Waals surface area contributed by atoms with Crippen molar-refractivity contribution < 1.29 is 14.6 Å². The molecular weight excluding hydrogens is 228 g/mol. The second-order valence-electron chi connectivity index (χ2n) is 4.29. The van der Waals surface area contributed by atoms with Crippen molar-refractivity contribution in [3.8, 4) is 11.5 Å². The van der Waals surface area contributed by atoms with Crippen molar-refractivity contribution in [1.29, 1.82) is 0 Å². The van der Waals surface area contributed by atoms with Crippen LogP contribution >= 0.6 is 0 Å². The SMILES string of the molecule is COc1ccc2c(c1)[C@@H](O)c1ccccc1CO2. The molecule has 1 heterocycles. The molecule has 0 aliphatic carbocycles. The van der Waals surface area contributed by atoms with Crippen molar-refractivity contribution in [2.45, 2.75) is 12.7 Å². The third kappa shape index (κ3) is 1.73. The van der Waals surface area contributed by atoms with Gasteiger partial charge in [-0.15, -0.1) is 0 Å². The highest BCUT2D eigenvalue weighted by molar-refractivity contribution is 5.48. The lowest BCUT2D eigenvalue weighted by Crippen LogP contribution is -2.01. The highest BCUT2D eigenvalue weighted by Crippen LogP contribution is 2.37. The van der Waals surface area contributed by atoms with E-state index in [0.717, 1.165) is 22.4 Å². The fourth-order valence-electron chi connectivity index (χ4n) is 2.25. The summed E-state index contributed by atoms with van der Waals surface area (Å²) in [4.78, 5) is 0. The van der Waals surface area contributed by atoms with Crippen LogP contribution in [0.15, 0.2) is 42.5 Å². The van der Waals surface area contributed by atoms with Gasteiger partial charge in [-0.3, -0.25) is 0 Å². The van der Waals surface area contributed by atoms with Gasteiger partial charge in [0.25, 0.3) is 0 Å². The summed E-state index contributed by atoms with van der Waals surface area (Å²) >= 11 is 0. The molecule has 0 radical (unpaired) electrons. The second kappa shape index (κ2) is 4.35. The van der Waals surface area contributed by atoms with Gasteiger partial charge < -0.3 is 14.6 Å². The highest BCUT2D eigenvalue weighted by Gasteiger charge is 2.22. The third-order valence-corrected chi connectivity index (χ3v) is 3.24. The molecule has 2 aromatic carbocycles. The van der Waals surface area contributed by atoms with Crippen LogP contribution in [0.25, 0.3) is 0 Å². The smallest absolute Gasteiger partial charge is 0.126 e. The van der Waals surface area contributed by atoms with Crippen LogP contribution in [-0.4, -0.2) is 12.2 Å². The van der Waals surface area contributed by atoms with Gasteiger partial charge in [-0.1, -0.05) is 24.3 Å². The molecule has 92 valence electrons. The first-order valence-electron chi connectivity index (χ1n) is 5.86. The number of methoxy groups -OCH3 is 1. The van der Waals surface area contributed by atoms with Gasteiger partial charge in [0, 0.05) is 5.56 Å². The highest BCUT2D eigenvalue weighted by atomic mass is 16.5. The van der Waals surface area contributed by atoms with Crippen LogP contribution in [-0.2, 0) is 6.61 Å². The van der Waals surface area contributed by atoms with Crippen molar-refractivity contribution in [2.75, 3.05) is 7.11 Å². The number of fused-ring (bicyclic) bond motifs is 2. The quantitative estimate of drug-likeness (QED) is 0.835. The number of benzene rings is 2. The summed E-state index contributed by atoms with van der Waals surface area (Å²) in [6.07, 6.45) is -0.672. The van der Waals surface area contributed by atoms with Gasteiger partial charge in [-0.2, -0.15) is 0 Å². The minimum atomic E-state index is -0.672. The molecule has 1 N–H and O–H groups in total. The Labute approximate surface area is 106 Å². The molecule has 3 nitrogen and oxygen atoms in total. The lowest BCUT2D eigenvalue weighted by molar-refractivity contribution is 0.217. The zero-order valence-electron chi connectivity index (χ0n) is 10.1. The number of aliphatic hydroxyl groups excluding tert-OH is 1. The predicted molar refractivity (Wildman–Crippen MR) is 67.8 cm³/mol. The average Bonchev–Trinajstić information content (AvgIpc) is 2.57. The minimum Gasteiger partial charge on any atom is -0.497 e. The van der Waals surface area contributed by atoms with Crippen LogP contribution < -0.4 is 9.47 Å². The lowest BCUT2D eigenvalue weighted by atomic mass is 9.97. The topological polar surface area (TPSA) is 38.7 Å². The van der Waals surface area contributed by atoms with E-state index in [1.165, 1.54) is 0 Å². The van der Waals surface area contributed by atoms with Crippen molar-refractivity contribution in [3.63, 3.8) is 0 Å². The molecule has 2 aromatic rings. The molecule has 1 aliphatic heterocycles. The fraction of sp³-hybridized carbons (Fsp3) is 0.200. The molecule has 0 unspecified atom stereocenters. The first-order valence-corrected chi connectivity index (χ1v) is 5.86. The molecule has 0 aromatic heterocycles. The van der Waals surface area contributed by atoms with Crippen molar-refractivity contribution in [1.82, 2.24) is 0 Å². The lowest BCUT2D eigenvalue weighted by Gasteiger charge is -2.13. The van der Waals surface area contributed by atoms with E-state index in [1.54, 1.807) is 7.11 Å². The van der Waals surface area contributed by atoms with Crippen LogP contribution in [0, 0.1) is 0 Å². The maximum atomic E-state index is 10.5. The Hall–Kier alpha value is -2.00. The Balaban J connectivity index is 2.14. The van der Waals surface area contributed by atoms with Gasteiger partial charge in [0.1, 0.15) is 24.2 Å². The minimum absolute atomic E-state index is 0.479. The fourth-order valence-corrected chi connectivity index (χ4v) is 2.25. The van der Waals surface area contributed by atoms with Gasteiger partial charge in [-0.25, -0.2) is 0 Å². The summed E-state index contributed by atoms with van der Waals surface area (Å²) in [5.74, 6) is 1.43. The molecule has 0 fully saturated rings. The van der Waals surface area contributed by atoms with Gasteiger partial charge in [0.2, 0.25) is 0 Å². The van der Waals surface area contributed by atoms with Crippen LogP contribution in [0.3, 0.4) is 0 Å². The van der Waals surface area contributed by atoms with Crippen LogP contribution in [0.1, 0.15) is 22.8 Å². The summed E-state index contributed by atoms with van der Waals surface area (Å²) in [5.41, 5.74) is 2.66. The Morgan fingerprint density at radius 2 is 2.00 bits per heavy atom. The summed E-state index contributed by atoms with van der Waals surface area (Å²) in [6.45, 7) is 0.479. The molecule has 18 heavy (non-hydrogen) atoms. The zero-order valence-corrected chi connectivity index (χ0v) is 10.1.